The molecule has 6 nitrogen and oxygen atoms in total. The van der Waals surface area contributed by atoms with Gasteiger partial charge >= 0.3 is 5.97 Å². The summed E-state index contributed by atoms with van der Waals surface area (Å²) in [6.07, 6.45) is 1.41. The first-order valence-electron chi connectivity index (χ1n) is 7.15. The average Bonchev–Trinajstić information content (AvgIpc) is 2.55. The average molecular weight is 347 g/mol. The summed E-state index contributed by atoms with van der Waals surface area (Å²) in [4.78, 5) is 10.4. The summed E-state index contributed by atoms with van der Waals surface area (Å²) in [6, 6.07) is 15.3. The predicted octanol–water partition coefficient (Wildman–Crippen LogP) is 2.95. The Kier molecular flexibility index (Phi) is 5.97. The molecule has 2 aromatic rings. The minimum Gasteiger partial charge on any atom is -0.493 e. The number of aliphatic carboxylic acids is 1. The van der Waals surface area contributed by atoms with Gasteiger partial charge in [-0.05, 0) is 35.9 Å². The summed E-state index contributed by atoms with van der Waals surface area (Å²) in [5.74, 6) is -0.469. The molecule has 0 saturated carbocycles. The fourth-order valence-corrected chi connectivity index (χ4v) is 2.67. The van der Waals surface area contributed by atoms with Gasteiger partial charge in [0.15, 0.2) is 0 Å². The van der Waals surface area contributed by atoms with Gasteiger partial charge in [0.05, 0.1) is 18.4 Å². The van der Waals surface area contributed by atoms with E-state index in [1.54, 1.807) is 36.4 Å². The van der Waals surface area contributed by atoms with Crippen LogP contribution in [0.25, 0.3) is 6.08 Å². The Morgan fingerprint density at radius 1 is 1.08 bits per heavy atom. The summed E-state index contributed by atoms with van der Waals surface area (Å²) in [6.45, 7) is 0.0558. The Hall–Kier alpha value is -2.80. The molecule has 2 N–H and O–H groups in total. The number of carbonyl (C=O) groups is 1. The fourth-order valence-electron chi connectivity index (χ4n) is 1.81. The van der Waals surface area contributed by atoms with E-state index < -0.39 is 16.0 Å². The first-order valence-corrected chi connectivity index (χ1v) is 8.70. The molecule has 0 unspecified atom stereocenters. The lowest BCUT2D eigenvalue weighted by Gasteiger charge is -2.07. The standard InChI is InChI=1S/C17H17NO5S/c19-17(20)10-12-23-16-8-6-15(7-9-16)18-24(21,22)13-11-14-4-2-1-3-5-14/h1-9,11,13,18H,10,12H2,(H,19,20)/b13-11-. The topological polar surface area (TPSA) is 92.7 Å². The van der Waals surface area contributed by atoms with Crippen molar-refractivity contribution in [2.45, 2.75) is 6.42 Å². The second-order valence-corrected chi connectivity index (χ2v) is 6.44. The van der Waals surface area contributed by atoms with Crippen molar-refractivity contribution < 1.29 is 23.1 Å². The molecule has 0 aliphatic rings. The molecule has 0 atom stereocenters. The van der Waals surface area contributed by atoms with Crippen LogP contribution in [0.1, 0.15) is 12.0 Å². The van der Waals surface area contributed by atoms with Crippen molar-refractivity contribution in [1.82, 2.24) is 0 Å². The van der Waals surface area contributed by atoms with Gasteiger partial charge in [-0.15, -0.1) is 0 Å². The molecule has 0 fully saturated rings. The molecule has 0 bridgehead atoms. The maximum Gasteiger partial charge on any atom is 0.306 e. The van der Waals surface area contributed by atoms with Gasteiger partial charge in [0, 0.05) is 5.69 Å². The largest absolute Gasteiger partial charge is 0.493 e. The van der Waals surface area contributed by atoms with Gasteiger partial charge < -0.3 is 9.84 Å². The van der Waals surface area contributed by atoms with Gasteiger partial charge in [-0.2, -0.15) is 0 Å². The molecule has 126 valence electrons. The Morgan fingerprint density at radius 2 is 1.75 bits per heavy atom. The zero-order chi connectivity index (χ0) is 17.4. The van der Waals surface area contributed by atoms with Crippen molar-refractivity contribution in [3.05, 3.63) is 65.6 Å². The second-order valence-electron chi connectivity index (χ2n) is 4.88. The normalized spacial score (nSPS) is 11.3. The number of sulfonamides is 1. The molecule has 2 rings (SSSR count). The number of benzene rings is 2. The maximum absolute atomic E-state index is 12.0. The molecule has 0 aliphatic heterocycles. The highest BCUT2D eigenvalue weighted by Crippen LogP contribution is 2.17. The number of ether oxygens (including phenoxy) is 1. The molecule has 0 spiro atoms. The Bertz CT molecular complexity index is 799. The molecular weight excluding hydrogens is 330 g/mol. The van der Waals surface area contributed by atoms with Crippen molar-refractivity contribution in [1.29, 1.82) is 0 Å². The number of anilines is 1. The van der Waals surface area contributed by atoms with Gasteiger partial charge in [0.2, 0.25) is 0 Å². The van der Waals surface area contributed by atoms with E-state index in [4.69, 9.17) is 9.84 Å². The highest BCUT2D eigenvalue weighted by molar-refractivity contribution is 7.95. The highest BCUT2D eigenvalue weighted by Gasteiger charge is 2.06. The van der Waals surface area contributed by atoms with Crippen molar-refractivity contribution in [2.75, 3.05) is 11.3 Å². The lowest BCUT2D eigenvalue weighted by atomic mass is 10.2. The van der Waals surface area contributed by atoms with E-state index in [2.05, 4.69) is 4.72 Å². The second kappa shape index (κ2) is 8.16. The summed E-state index contributed by atoms with van der Waals surface area (Å²) in [7, 11) is -3.62. The number of carboxylic acids is 1. The molecule has 24 heavy (non-hydrogen) atoms. The van der Waals surface area contributed by atoms with Crippen LogP contribution in [0.15, 0.2) is 60.0 Å². The Balaban J connectivity index is 1.94. The summed E-state index contributed by atoms with van der Waals surface area (Å²) in [5.41, 5.74) is 1.17. The van der Waals surface area contributed by atoms with Gasteiger partial charge in [-0.3, -0.25) is 9.52 Å². The van der Waals surface area contributed by atoms with Crippen LogP contribution in [0.4, 0.5) is 5.69 Å². The summed E-state index contributed by atoms with van der Waals surface area (Å²) < 4.78 is 31.7. The van der Waals surface area contributed by atoms with Gasteiger partial charge in [0.1, 0.15) is 5.75 Å². The zero-order valence-electron chi connectivity index (χ0n) is 12.8. The fraction of sp³-hybridized carbons (Fsp3) is 0.118. The monoisotopic (exact) mass is 347 g/mol. The summed E-state index contributed by atoms with van der Waals surface area (Å²) in [5, 5.41) is 9.63. The SMILES string of the molecule is O=C(O)CCOc1ccc(NS(=O)(=O)/C=C\c2ccccc2)cc1. The molecule has 0 aliphatic carbocycles. The van der Waals surface area contributed by atoms with Gasteiger partial charge in [-0.25, -0.2) is 8.42 Å². The third kappa shape index (κ3) is 6.13. The van der Waals surface area contributed by atoms with E-state index in [-0.39, 0.29) is 13.0 Å². The number of nitrogens with one attached hydrogen (secondary N) is 1. The summed E-state index contributed by atoms with van der Waals surface area (Å²) >= 11 is 0. The van der Waals surface area contributed by atoms with Crippen LogP contribution < -0.4 is 9.46 Å². The Labute approximate surface area is 140 Å². The van der Waals surface area contributed by atoms with E-state index in [1.807, 2.05) is 18.2 Å². The molecular formula is C17H17NO5S. The van der Waals surface area contributed by atoms with E-state index in [0.717, 1.165) is 11.0 Å². The van der Waals surface area contributed by atoms with Crippen molar-refractivity contribution in [3.8, 4) is 5.75 Å². The quantitative estimate of drug-likeness (QED) is 0.766. The maximum atomic E-state index is 12.0. The lowest BCUT2D eigenvalue weighted by Crippen LogP contribution is -2.09. The van der Waals surface area contributed by atoms with E-state index in [9.17, 15) is 13.2 Å². The van der Waals surface area contributed by atoms with E-state index in [0.29, 0.717) is 11.4 Å². The van der Waals surface area contributed by atoms with Crippen LogP contribution in [0, 0.1) is 0 Å². The van der Waals surface area contributed by atoms with Crippen LogP contribution in [0.5, 0.6) is 5.75 Å². The minimum absolute atomic E-state index is 0.0558. The number of carboxylic acid groups (broad SMARTS) is 1. The van der Waals surface area contributed by atoms with Gasteiger partial charge in [0.25, 0.3) is 10.0 Å². The number of hydrogen-bond donors (Lipinski definition) is 2. The first-order chi connectivity index (χ1) is 11.4. The predicted molar refractivity (Wildman–Crippen MR) is 92.2 cm³/mol. The van der Waals surface area contributed by atoms with Gasteiger partial charge in [-0.1, -0.05) is 30.3 Å². The third-order valence-electron chi connectivity index (χ3n) is 2.94. The molecule has 0 saturated heterocycles. The van der Waals surface area contributed by atoms with Crippen LogP contribution in [0.2, 0.25) is 0 Å². The molecule has 0 heterocycles. The van der Waals surface area contributed by atoms with E-state index in [1.165, 1.54) is 6.08 Å². The van der Waals surface area contributed by atoms with Crippen molar-refractivity contribution >= 4 is 27.8 Å². The molecule has 0 aromatic heterocycles. The lowest BCUT2D eigenvalue weighted by molar-refractivity contribution is -0.137. The van der Waals surface area contributed by atoms with E-state index >= 15 is 0 Å². The molecule has 7 heteroatoms. The van der Waals surface area contributed by atoms with Crippen LogP contribution in [0.3, 0.4) is 0 Å². The zero-order valence-corrected chi connectivity index (χ0v) is 13.6. The molecule has 0 amide bonds. The van der Waals surface area contributed by atoms with Crippen LogP contribution in [-0.4, -0.2) is 26.1 Å². The number of hydrogen-bond acceptors (Lipinski definition) is 4. The molecule has 2 aromatic carbocycles. The smallest absolute Gasteiger partial charge is 0.306 e. The molecule has 0 radical (unpaired) electrons. The Morgan fingerprint density at radius 3 is 2.38 bits per heavy atom. The van der Waals surface area contributed by atoms with Crippen molar-refractivity contribution in [3.63, 3.8) is 0 Å². The number of rotatable bonds is 8. The van der Waals surface area contributed by atoms with Crippen LogP contribution >= 0.6 is 0 Å². The van der Waals surface area contributed by atoms with Crippen LogP contribution in [-0.2, 0) is 14.8 Å². The van der Waals surface area contributed by atoms with Crippen molar-refractivity contribution in [2.24, 2.45) is 0 Å². The highest BCUT2D eigenvalue weighted by atomic mass is 32.2. The third-order valence-corrected chi connectivity index (χ3v) is 3.95. The minimum atomic E-state index is -3.62. The first kappa shape index (κ1) is 17.6.